The van der Waals surface area contributed by atoms with E-state index >= 15 is 0 Å². The van der Waals surface area contributed by atoms with Crippen LogP contribution in [0.25, 0.3) is 11.0 Å². The molecule has 1 aliphatic rings. The van der Waals surface area contributed by atoms with Crippen LogP contribution >= 0.6 is 0 Å². The minimum atomic E-state index is -0.219. The van der Waals surface area contributed by atoms with Crippen molar-refractivity contribution in [1.82, 2.24) is 10.2 Å². The number of methoxy groups -OCH3 is 1. The average molecular weight is 392 g/mol. The van der Waals surface area contributed by atoms with E-state index in [1.54, 1.807) is 7.11 Å². The van der Waals surface area contributed by atoms with Gasteiger partial charge in [-0.1, -0.05) is 42.8 Å². The molecule has 1 atom stereocenters. The zero-order valence-electron chi connectivity index (χ0n) is 17.1. The summed E-state index contributed by atoms with van der Waals surface area (Å²) in [6.45, 7) is 5.07. The molecule has 1 aromatic heterocycles. The molecular weight excluding hydrogens is 364 g/mol. The second-order valence-corrected chi connectivity index (χ2v) is 7.72. The molecular formula is C24H28N2O3. The number of furan rings is 1. The number of hydrogen-bond donors (Lipinski definition) is 1. The number of nitrogens with zero attached hydrogens (tertiary/aromatic N) is 1. The molecule has 0 spiro atoms. The van der Waals surface area contributed by atoms with Crippen molar-refractivity contribution in [3.8, 4) is 5.75 Å². The molecule has 0 unspecified atom stereocenters. The Balaban J connectivity index is 1.59. The van der Waals surface area contributed by atoms with Crippen molar-refractivity contribution in [2.75, 3.05) is 20.2 Å². The first kappa shape index (κ1) is 19.5. The molecule has 0 saturated carbocycles. The molecule has 4 rings (SSSR count). The highest BCUT2D eigenvalue weighted by Crippen LogP contribution is 2.33. The molecule has 1 fully saturated rings. The lowest BCUT2D eigenvalue weighted by atomic mass is 10.1. The van der Waals surface area contributed by atoms with Crippen LogP contribution in [0.2, 0.25) is 0 Å². The van der Waals surface area contributed by atoms with Gasteiger partial charge in [0.25, 0.3) is 5.91 Å². The van der Waals surface area contributed by atoms with Crippen LogP contribution in [0.3, 0.4) is 0 Å². The minimum absolute atomic E-state index is 0.105. The molecule has 0 bridgehead atoms. The quantitative estimate of drug-likeness (QED) is 0.647. The summed E-state index contributed by atoms with van der Waals surface area (Å²) in [7, 11) is 1.62. The van der Waals surface area contributed by atoms with Gasteiger partial charge >= 0.3 is 0 Å². The normalized spacial score (nSPS) is 15.9. The second-order valence-electron chi connectivity index (χ2n) is 7.72. The fraction of sp³-hybridized carbons (Fsp3) is 0.375. The van der Waals surface area contributed by atoms with E-state index in [4.69, 9.17) is 9.15 Å². The fourth-order valence-corrected chi connectivity index (χ4v) is 4.02. The number of piperidine rings is 1. The van der Waals surface area contributed by atoms with Crippen LogP contribution in [-0.2, 0) is 6.54 Å². The Kier molecular flexibility index (Phi) is 5.86. The van der Waals surface area contributed by atoms with E-state index in [0.717, 1.165) is 30.6 Å². The molecule has 0 aliphatic carbocycles. The summed E-state index contributed by atoms with van der Waals surface area (Å²) in [5.41, 5.74) is 2.86. The monoisotopic (exact) mass is 392 g/mol. The first-order valence-electron chi connectivity index (χ1n) is 10.3. The molecule has 1 aliphatic heterocycles. The van der Waals surface area contributed by atoms with Gasteiger partial charge in [0.15, 0.2) is 17.1 Å². The van der Waals surface area contributed by atoms with E-state index in [2.05, 4.69) is 16.3 Å². The number of likely N-dealkylation sites (tertiary alicyclic amines) is 1. The van der Waals surface area contributed by atoms with Gasteiger partial charge in [-0.25, -0.2) is 0 Å². The number of carbonyl (C=O) groups excluding carboxylic acids is 1. The Morgan fingerprint density at radius 3 is 2.62 bits per heavy atom. The lowest BCUT2D eigenvalue weighted by Gasteiger charge is -2.26. The molecule has 5 nitrogen and oxygen atoms in total. The maximum Gasteiger partial charge on any atom is 0.287 e. The van der Waals surface area contributed by atoms with Gasteiger partial charge in [0.2, 0.25) is 0 Å². The van der Waals surface area contributed by atoms with Gasteiger partial charge in [-0.2, -0.15) is 0 Å². The predicted molar refractivity (Wildman–Crippen MR) is 114 cm³/mol. The van der Waals surface area contributed by atoms with Crippen LogP contribution < -0.4 is 10.1 Å². The van der Waals surface area contributed by atoms with Gasteiger partial charge in [0.1, 0.15) is 0 Å². The van der Waals surface area contributed by atoms with Crippen molar-refractivity contribution in [3.63, 3.8) is 0 Å². The number of benzene rings is 2. The summed E-state index contributed by atoms with van der Waals surface area (Å²) in [4.78, 5) is 15.3. The summed E-state index contributed by atoms with van der Waals surface area (Å²) >= 11 is 0. The van der Waals surface area contributed by atoms with Gasteiger partial charge in [0, 0.05) is 11.9 Å². The number of amides is 1. The summed E-state index contributed by atoms with van der Waals surface area (Å²) in [5, 5.41) is 3.98. The van der Waals surface area contributed by atoms with Crippen LogP contribution in [0.15, 0.2) is 52.9 Å². The highest BCUT2D eigenvalue weighted by Gasteiger charge is 2.20. The largest absolute Gasteiger partial charge is 0.493 e. The van der Waals surface area contributed by atoms with Gasteiger partial charge in [0.05, 0.1) is 13.2 Å². The third kappa shape index (κ3) is 4.30. The topological polar surface area (TPSA) is 54.7 Å². The van der Waals surface area contributed by atoms with Crippen LogP contribution in [0, 0.1) is 0 Å². The van der Waals surface area contributed by atoms with Crippen LogP contribution in [0.5, 0.6) is 5.75 Å². The third-order valence-electron chi connectivity index (χ3n) is 5.67. The highest BCUT2D eigenvalue weighted by molar-refractivity contribution is 5.98. The van der Waals surface area contributed by atoms with Crippen molar-refractivity contribution in [2.24, 2.45) is 0 Å². The molecule has 2 heterocycles. The lowest BCUT2D eigenvalue weighted by molar-refractivity contribution is 0.0914. The number of carbonyl (C=O) groups is 1. The number of fused-ring (bicyclic) bond motifs is 1. The standard InChI is InChI=1S/C24H28N2O3/c1-17(18-9-5-3-6-10-18)25-24(27)22-15-20-19(16-26-13-7-4-8-14-26)11-12-21(28-2)23(20)29-22/h3,5-6,9-12,15,17H,4,7-8,13-14,16H2,1-2H3,(H,25,27)/t17-/m0/s1. The maximum atomic E-state index is 12.8. The Bertz CT molecular complexity index is 974. The second kappa shape index (κ2) is 8.70. The van der Waals surface area contributed by atoms with Crippen molar-refractivity contribution < 1.29 is 13.9 Å². The Morgan fingerprint density at radius 2 is 1.90 bits per heavy atom. The summed E-state index contributed by atoms with van der Waals surface area (Å²) in [6.07, 6.45) is 3.80. The zero-order valence-corrected chi connectivity index (χ0v) is 17.1. The molecule has 1 N–H and O–H groups in total. The third-order valence-corrected chi connectivity index (χ3v) is 5.67. The SMILES string of the molecule is COc1ccc(CN2CCCCC2)c2cc(C(=O)N[C@@H](C)c3ccccc3)oc12. The van der Waals surface area contributed by atoms with E-state index in [1.165, 1.54) is 24.8 Å². The van der Waals surface area contributed by atoms with E-state index < -0.39 is 0 Å². The number of hydrogen-bond acceptors (Lipinski definition) is 4. The lowest BCUT2D eigenvalue weighted by Crippen LogP contribution is -2.29. The van der Waals surface area contributed by atoms with Crippen LogP contribution in [0.4, 0.5) is 0 Å². The van der Waals surface area contributed by atoms with Gasteiger partial charge in [-0.05, 0) is 56.1 Å². The van der Waals surface area contributed by atoms with E-state index in [0.29, 0.717) is 17.1 Å². The van der Waals surface area contributed by atoms with Crippen molar-refractivity contribution >= 4 is 16.9 Å². The van der Waals surface area contributed by atoms with E-state index in [9.17, 15) is 4.79 Å². The average Bonchev–Trinajstić information content (AvgIpc) is 3.21. The van der Waals surface area contributed by atoms with E-state index in [1.807, 2.05) is 49.4 Å². The van der Waals surface area contributed by atoms with Crippen molar-refractivity contribution in [3.05, 3.63) is 65.4 Å². The van der Waals surface area contributed by atoms with Crippen LogP contribution in [-0.4, -0.2) is 31.0 Å². The molecule has 2 aromatic carbocycles. The van der Waals surface area contributed by atoms with Gasteiger partial charge < -0.3 is 14.5 Å². The summed E-state index contributed by atoms with van der Waals surface area (Å²) in [5.74, 6) is 0.744. The molecule has 0 radical (unpaired) electrons. The molecule has 5 heteroatoms. The predicted octanol–water partition coefficient (Wildman–Crippen LogP) is 4.92. The van der Waals surface area contributed by atoms with E-state index in [-0.39, 0.29) is 11.9 Å². The van der Waals surface area contributed by atoms with Crippen molar-refractivity contribution in [1.29, 1.82) is 0 Å². The molecule has 1 amide bonds. The van der Waals surface area contributed by atoms with Gasteiger partial charge in [-0.15, -0.1) is 0 Å². The number of nitrogens with one attached hydrogen (secondary N) is 1. The van der Waals surface area contributed by atoms with Gasteiger partial charge in [-0.3, -0.25) is 9.69 Å². The molecule has 29 heavy (non-hydrogen) atoms. The fourth-order valence-electron chi connectivity index (χ4n) is 4.02. The first-order valence-corrected chi connectivity index (χ1v) is 10.3. The number of rotatable bonds is 6. The summed E-state index contributed by atoms with van der Waals surface area (Å²) in [6, 6.07) is 15.7. The maximum absolute atomic E-state index is 12.8. The smallest absolute Gasteiger partial charge is 0.287 e. The minimum Gasteiger partial charge on any atom is -0.493 e. The first-order chi connectivity index (χ1) is 14.2. The summed E-state index contributed by atoms with van der Waals surface area (Å²) < 4.78 is 11.4. The Morgan fingerprint density at radius 1 is 1.14 bits per heavy atom. The Labute approximate surface area is 171 Å². The van der Waals surface area contributed by atoms with Crippen molar-refractivity contribution in [2.45, 2.75) is 38.8 Å². The zero-order chi connectivity index (χ0) is 20.2. The molecule has 152 valence electrons. The molecule has 1 saturated heterocycles. The number of ether oxygens (including phenoxy) is 1. The molecule has 3 aromatic rings. The van der Waals surface area contributed by atoms with Crippen LogP contribution in [0.1, 0.15) is 53.9 Å². The Hall–Kier alpha value is -2.79. The highest BCUT2D eigenvalue weighted by atomic mass is 16.5.